The Balaban J connectivity index is 2.11. The summed E-state index contributed by atoms with van der Waals surface area (Å²) in [5, 5.41) is 0.164. The Morgan fingerprint density at radius 3 is 2.78 bits per heavy atom. The van der Waals surface area contributed by atoms with Crippen molar-refractivity contribution in [2.75, 3.05) is 6.26 Å². The number of thioether (sulfide) groups is 1. The zero-order valence-corrected chi connectivity index (χ0v) is 13.0. The van der Waals surface area contributed by atoms with Crippen LogP contribution in [0, 0.1) is 11.8 Å². The second-order valence-electron chi connectivity index (χ2n) is 6.13. The van der Waals surface area contributed by atoms with E-state index < -0.39 is 0 Å². The van der Waals surface area contributed by atoms with E-state index in [1.54, 1.807) is 11.8 Å². The number of fused-ring (bicyclic) bond motifs is 1. The topological polar surface area (TPSA) is 20.3 Å². The summed E-state index contributed by atoms with van der Waals surface area (Å²) in [7, 11) is 0. The zero-order chi connectivity index (χ0) is 13.3. The third-order valence-corrected chi connectivity index (χ3v) is 6.18. The number of hydrogen-bond acceptors (Lipinski definition) is 2. The number of rotatable bonds is 4. The van der Waals surface area contributed by atoms with Crippen LogP contribution in [-0.4, -0.2) is 34.4 Å². The summed E-state index contributed by atoms with van der Waals surface area (Å²) in [6, 6.07) is 1.03. The first-order valence-corrected chi connectivity index (χ1v) is 8.73. The number of carbonyl (C=O) groups is 1. The molecule has 0 N–H and O–H groups in total. The molecule has 1 heterocycles. The Bertz CT molecular complexity index is 307. The number of likely N-dealkylation sites (tertiary alicyclic amines) is 1. The smallest absolute Gasteiger partial charge is 0.236 e. The summed E-state index contributed by atoms with van der Waals surface area (Å²) >= 11 is 1.74. The molecule has 18 heavy (non-hydrogen) atoms. The predicted molar refractivity (Wildman–Crippen MR) is 78.8 cm³/mol. The van der Waals surface area contributed by atoms with Crippen LogP contribution in [0.4, 0.5) is 0 Å². The van der Waals surface area contributed by atoms with Crippen LogP contribution in [0.15, 0.2) is 0 Å². The molecule has 4 unspecified atom stereocenters. The van der Waals surface area contributed by atoms with Crippen LogP contribution in [0.25, 0.3) is 0 Å². The fraction of sp³-hybridized carbons (Fsp3) is 0.933. The van der Waals surface area contributed by atoms with Crippen molar-refractivity contribution < 1.29 is 4.79 Å². The quantitative estimate of drug-likeness (QED) is 0.778. The van der Waals surface area contributed by atoms with Gasteiger partial charge in [-0.25, -0.2) is 0 Å². The van der Waals surface area contributed by atoms with Gasteiger partial charge in [-0.15, -0.1) is 0 Å². The van der Waals surface area contributed by atoms with Gasteiger partial charge >= 0.3 is 0 Å². The molecule has 0 radical (unpaired) electrons. The fourth-order valence-corrected chi connectivity index (χ4v) is 4.84. The monoisotopic (exact) mass is 269 g/mol. The van der Waals surface area contributed by atoms with Crippen molar-refractivity contribution in [3.63, 3.8) is 0 Å². The minimum absolute atomic E-state index is 0.164. The van der Waals surface area contributed by atoms with Gasteiger partial charge in [0.05, 0.1) is 5.25 Å². The lowest BCUT2D eigenvalue weighted by Crippen LogP contribution is -2.46. The minimum atomic E-state index is 0.164. The second kappa shape index (κ2) is 5.85. The molecule has 0 spiro atoms. The van der Waals surface area contributed by atoms with Crippen molar-refractivity contribution in [2.45, 2.75) is 70.2 Å². The summed E-state index contributed by atoms with van der Waals surface area (Å²) < 4.78 is 0. The number of amides is 1. The molecule has 1 aliphatic heterocycles. The van der Waals surface area contributed by atoms with E-state index in [4.69, 9.17) is 0 Å². The molecule has 104 valence electrons. The molecular formula is C15H27NOS. The maximum absolute atomic E-state index is 12.8. The molecule has 1 aliphatic carbocycles. The maximum atomic E-state index is 12.8. The maximum Gasteiger partial charge on any atom is 0.236 e. The molecule has 3 heteroatoms. The highest BCUT2D eigenvalue weighted by Gasteiger charge is 2.45. The first-order chi connectivity index (χ1) is 8.60. The second-order valence-corrected chi connectivity index (χ2v) is 7.11. The Morgan fingerprint density at radius 2 is 2.17 bits per heavy atom. The summed E-state index contributed by atoms with van der Waals surface area (Å²) in [6.07, 6.45) is 8.31. The molecule has 0 aromatic carbocycles. The first-order valence-electron chi connectivity index (χ1n) is 7.45. The van der Waals surface area contributed by atoms with E-state index in [1.807, 2.05) is 0 Å². The van der Waals surface area contributed by atoms with Gasteiger partial charge in [0, 0.05) is 12.1 Å². The molecule has 2 fully saturated rings. The first kappa shape index (κ1) is 14.2. The molecule has 2 nitrogen and oxygen atoms in total. The van der Waals surface area contributed by atoms with E-state index in [2.05, 4.69) is 31.9 Å². The summed E-state index contributed by atoms with van der Waals surface area (Å²) in [6.45, 7) is 6.64. The Morgan fingerprint density at radius 1 is 1.44 bits per heavy atom. The van der Waals surface area contributed by atoms with Crippen LogP contribution in [0.5, 0.6) is 0 Å². The van der Waals surface area contributed by atoms with Gasteiger partial charge in [0.2, 0.25) is 5.91 Å². The van der Waals surface area contributed by atoms with Gasteiger partial charge < -0.3 is 4.90 Å². The Kier molecular flexibility index (Phi) is 4.63. The van der Waals surface area contributed by atoms with Crippen molar-refractivity contribution >= 4 is 17.7 Å². The molecule has 0 aromatic rings. The van der Waals surface area contributed by atoms with Crippen LogP contribution in [-0.2, 0) is 4.79 Å². The van der Waals surface area contributed by atoms with Gasteiger partial charge in [-0.1, -0.05) is 26.7 Å². The van der Waals surface area contributed by atoms with E-state index in [0.29, 0.717) is 23.9 Å². The zero-order valence-electron chi connectivity index (χ0n) is 12.2. The van der Waals surface area contributed by atoms with Crippen molar-refractivity contribution in [2.24, 2.45) is 11.8 Å². The Labute approximate surface area is 116 Å². The van der Waals surface area contributed by atoms with Gasteiger partial charge in [0.15, 0.2) is 0 Å². The molecule has 5 atom stereocenters. The average Bonchev–Trinajstić information content (AvgIpc) is 2.88. The largest absolute Gasteiger partial charge is 0.336 e. The molecule has 1 amide bonds. The molecule has 0 aromatic heterocycles. The van der Waals surface area contributed by atoms with Crippen LogP contribution in [0.2, 0.25) is 0 Å². The molecule has 1 saturated heterocycles. The van der Waals surface area contributed by atoms with Gasteiger partial charge in [0.1, 0.15) is 0 Å². The third kappa shape index (κ3) is 2.43. The number of hydrogen-bond donors (Lipinski definition) is 0. The molecule has 0 bridgehead atoms. The highest BCUT2D eigenvalue weighted by atomic mass is 32.2. The molecule has 1 saturated carbocycles. The highest BCUT2D eigenvalue weighted by Crippen LogP contribution is 2.42. The minimum Gasteiger partial charge on any atom is -0.336 e. The van der Waals surface area contributed by atoms with Crippen molar-refractivity contribution in [1.82, 2.24) is 4.90 Å². The van der Waals surface area contributed by atoms with Gasteiger partial charge in [-0.05, 0) is 44.3 Å². The van der Waals surface area contributed by atoms with Crippen LogP contribution in [0.1, 0.15) is 52.9 Å². The highest BCUT2D eigenvalue weighted by molar-refractivity contribution is 7.99. The van der Waals surface area contributed by atoms with Crippen molar-refractivity contribution in [3.05, 3.63) is 0 Å². The summed E-state index contributed by atoms with van der Waals surface area (Å²) in [4.78, 5) is 15.1. The summed E-state index contributed by atoms with van der Waals surface area (Å²) in [5.41, 5.74) is 0. The van der Waals surface area contributed by atoms with Crippen molar-refractivity contribution in [3.8, 4) is 0 Å². The lowest BCUT2D eigenvalue weighted by Gasteiger charge is -2.33. The van der Waals surface area contributed by atoms with E-state index >= 15 is 0 Å². The SMILES string of the molecule is CCC(C)C(SC)C(=O)N1C2CCCC2C[C@H]1C. The van der Waals surface area contributed by atoms with Crippen LogP contribution in [0.3, 0.4) is 0 Å². The predicted octanol–water partition coefficient (Wildman–Crippen LogP) is 3.55. The number of carbonyl (C=O) groups excluding carboxylic acids is 1. The van der Waals surface area contributed by atoms with Gasteiger partial charge in [-0.3, -0.25) is 4.79 Å². The Hall–Kier alpha value is -0.180. The normalized spacial score (nSPS) is 34.4. The van der Waals surface area contributed by atoms with Gasteiger partial charge in [-0.2, -0.15) is 11.8 Å². The molecular weight excluding hydrogens is 242 g/mol. The van der Waals surface area contributed by atoms with Crippen LogP contribution >= 0.6 is 11.8 Å². The number of nitrogens with zero attached hydrogens (tertiary/aromatic N) is 1. The van der Waals surface area contributed by atoms with E-state index in [-0.39, 0.29) is 5.25 Å². The van der Waals surface area contributed by atoms with Crippen LogP contribution < -0.4 is 0 Å². The molecule has 2 aliphatic rings. The standard InChI is InChI=1S/C15H27NOS/c1-5-10(2)14(18-4)15(17)16-11(3)9-12-7-6-8-13(12)16/h10-14H,5-9H2,1-4H3/t10?,11-,12?,13?,14?/m1/s1. The van der Waals surface area contributed by atoms with E-state index in [1.165, 1.54) is 25.7 Å². The van der Waals surface area contributed by atoms with Crippen molar-refractivity contribution in [1.29, 1.82) is 0 Å². The van der Waals surface area contributed by atoms with Gasteiger partial charge in [0.25, 0.3) is 0 Å². The fourth-order valence-electron chi connectivity index (χ4n) is 3.86. The molecule has 2 rings (SSSR count). The summed E-state index contributed by atoms with van der Waals surface area (Å²) in [5.74, 6) is 1.70. The van der Waals surface area contributed by atoms with E-state index in [9.17, 15) is 4.79 Å². The lowest BCUT2D eigenvalue weighted by atomic mass is 10.0. The average molecular weight is 269 g/mol. The lowest BCUT2D eigenvalue weighted by molar-refractivity contribution is -0.134. The van der Waals surface area contributed by atoms with E-state index in [0.717, 1.165) is 12.3 Å². The third-order valence-electron chi connectivity index (χ3n) is 5.01.